The predicted molar refractivity (Wildman–Crippen MR) is 119 cm³/mol. The van der Waals surface area contributed by atoms with Crippen LogP contribution in [0.2, 0.25) is 5.02 Å². The monoisotopic (exact) mass is 450 g/mol. The predicted octanol–water partition coefficient (Wildman–Crippen LogP) is 6.34. The van der Waals surface area contributed by atoms with Crippen LogP contribution in [0.1, 0.15) is 51.2 Å². The van der Waals surface area contributed by atoms with E-state index < -0.39 is 29.7 Å². The Balaban J connectivity index is 2.44. The second-order valence-electron chi connectivity index (χ2n) is 8.46. The zero-order valence-electron chi connectivity index (χ0n) is 17.9. The van der Waals surface area contributed by atoms with Gasteiger partial charge in [-0.1, -0.05) is 23.7 Å². The van der Waals surface area contributed by atoms with Crippen LogP contribution in [-0.2, 0) is 14.3 Å². The number of esters is 2. The number of halogens is 1. The molecule has 160 valence electrons. The highest BCUT2D eigenvalue weighted by Gasteiger charge is 2.29. The maximum atomic E-state index is 12.8. The summed E-state index contributed by atoms with van der Waals surface area (Å²) in [5, 5.41) is 0.193. The Labute approximate surface area is 185 Å². The molecule has 2 rings (SSSR count). The summed E-state index contributed by atoms with van der Waals surface area (Å²) in [6.07, 6.45) is 0. The van der Waals surface area contributed by atoms with E-state index in [4.69, 9.17) is 32.4 Å². The van der Waals surface area contributed by atoms with E-state index in [2.05, 4.69) is 4.85 Å². The Morgan fingerprint density at radius 2 is 1.73 bits per heavy atom. The first-order valence-electron chi connectivity index (χ1n) is 9.22. The molecule has 0 saturated carbocycles. The highest BCUT2D eigenvalue weighted by molar-refractivity contribution is 7.18. The van der Waals surface area contributed by atoms with Crippen LogP contribution in [0.5, 0.6) is 5.75 Å². The molecule has 6 nitrogen and oxygen atoms in total. The topological polar surface area (TPSA) is 66.2 Å². The Hall–Kier alpha value is -2.56. The van der Waals surface area contributed by atoms with Crippen LogP contribution in [0, 0.1) is 6.57 Å². The molecule has 0 fully saturated rings. The summed E-state index contributed by atoms with van der Waals surface area (Å²) < 4.78 is 16.4. The van der Waals surface area contributed by atoms with Gasteiger partial charge in [0.25, 0.3) is 6.57 Å². The molecule has 0 aliphatic rings. The minimum absolute atomic E-state index is 0.0758. The number of thiophene rings is 1. The third-order valence-electron chi connectivity index (χ3n) is 3.41. The lowest BCUT2D eigenvalue weighted by atomic mass is 10.1. The van der Waals surface area contributed by atoms with Gasteiger partial charge in [0.2, 0.25) is 0 Å². The van der Waals surface area contributed by atoms with Gasteiger partial charge in [-0.3, -0.25) is 0 Å². The van der Waals surface area contributed by atoms with Crippen molar-refractivity contribution < 1.29 is 23.8 Å². The number of hydrogen-bond acceptors (Lipinski definition) is 6. The molecule has 1 heterocycles. The van der Waals surface area contributed by atoms with Crippen molar-refractivity contribution in [3.8, 4) is 22.8 Å². The lowest BCUT2D eigenvalue weighted by molar-refractivity contribution is -0.157. The van der Waals surface area contributed by atoms with Gasteiger partial charge in [0.1, 0.15) is 16.2 Å². The van der Waals surface area contributed by atoms with Crippen molar-refractivity contribution in [2.24, 2.45) is 0 Å². The number of carbonyl (C=O) groups excluding carboxylic acids is 2. The van der Waals surface area contributed by atoms with Gasteiger partial charge in [0.05, 0.1) is 4.88 Å². The van der Waals surface area contributed by atoms with Crippen molar-refractivity contribution in [3.63, 3.8) is 0 Å². The molecule has 0 radical (unpaired) electrons. The normalized spacial score (nSPS) is 11.5. The zero-order chi connectivity index (χ0) is 22.7. The van der Waals surface area contributed by atoms with Gasteiger partial charge in [0.15, 0.2) is 17.2 Å². The van der Waals surface area contributed by atoms with Gasteiger partial charge in [0, 0.05) is 17.7 Å². The number of benzene rings is 1. The summed E-state index contributed by atoms with van der Waals surface area (Å²) >= 11 is 7.66. The molecule has 2 aromatic rings. The van der Waals surface area contributed by atoms with E-state index in [1.54, 1.807) is 59.7 Å². The van der Waals surface area contributed by atoms with E-state index in [1.165, 1.54) is 0 Å². The third kappa shape index (κ3) is 6.48. The van der Waals surface area contributed by atoms with Crippen LogP contribution in [0.25, 0.3) is 15.3 Å². The smallest absolute Gasteiger partial charge is 0.352 e. The lowest BCUT2D eigenvalue weighted by Gasteiger charge is -2.20. The number of hydrogen-bond donors (Lipinski definition) is 0. The maximum absolute atomic E-state index is 12.8. The first-order chi connectivity index (χ1) is 13.8. The molecule has 0 atom stereocenters. The lowest BCUT2D eigenvalue weighted by Crippen LogP contribution is -2.28. The van der Waals surface area contributed by atoms with Crippen LogP contribution >= 0.6 is 22.9 Å². The summed E-state index contributed by atoms with van der Waals surface area (Å²) in [7, 11) is 0. The standard InChI is InChI=1S/C22H25ClNO5S/c1-21(2,3)28-15(25)12-27-17-16(23)18(13-9-8-10-14(11-13)24-7)30-19(17)20(26)29-22(4,5)6/h7-11H,12H2,1-6H3/q+1. The SMILES string of the molecule is C#[N+]c1cccc(-c2sc(C(=O)OC(C)(C)C)c(OCC(=O)OC(C)(C)C)c2Cl)c1. The largest absolute Gasteiger partial charge is 0.479 e. The molecule has 1 aromatic carbocycles. The zero-order valence-corrected chi connectivity index (χ0v) is 19.4. The summed E-state index contributed by atoms with van der Waals surface area (Å²) in [4.78, 5) is 29.3. The molecule has 30 heavy (non-hydrogen) atoms. The minimum atomic E-state index is -0.714. The number of ether oxygens (including phenoxy) is 3. The van der Waals surface area contributed by atoms with E-state index in [9.17, 15) is 9.59 Å². The molecule has 0 aliphatic carbocycles. The maximum Gasteiger partial charge on any atom is 0.352 e. The Bertz CT molecular complexity index is 992. The number of carbonyl (C=O) groups is 2. The van der Waals surface area contributed by atoms with Gasteiger partial charge in [-0.25, -0.2) is 9.59 Å². The van der Waals surface area contributed by atoms with E-state index in [0.717, 1.165) is 11.3 Å². The molecule has 0 bridgehead atoms. The van der Waals surface area contributed by atoms with Crippen molar-refractivity contribution in [1.82, 2.24) is 0 Å². The van der Waals surface area contributed by atoms with Gasteiger partial charge in [-0.2, -0.15) is 0 Å². The second-order valence-corrected chi connectivity index (χ2v) is 9.86. The molecule has 0 aliphatic heterocycles. The van der Waals surface area contributed by atoms with E-state index >= 15 is 0 Å². The fraction of sp³-hybridized carbons (Fsp3) is 0.409. The van der Waals surface area contributed by atoms with Crippen LogP contribution in [0.15, 0.2) is 24.3 Å². The van der Waals surface area contributed by atoms with Crippen LogP contribution in [0.3, 0.4) is 0 Å². The molecule has 0 N–H and O–H groups in total. The highest BCUT2D eigenvalue weighted by Crippen LogP contribution is 2.46. The van der Waals surface area contributed by atoms with E-state index in [-0.39, 0.29) is 15.6 Å². The first kappa shape index (κ1) is 23.7. The molecule has 8 heteroatoms. The van der Waals surface area contributed by atoms with Crippen molar-refractivity contribution >= 4 is 40.6 Å². The molecule has 0 amide bonds. The van der Waals surface area contributed by atoms with Gasteiger partial charge < -0.3 is 14.2 Å². The fourth-order valence-corrected chi connectivity index (χ4v) is 3.84. The number of nitrogens with zero attached hydrogens (tertiary/aromatic N) is 1. The highest BCUT2D eigenvalue weighted by atomic mass is 35.5. The molecular weight excluding hydrogens is 426 g/mol. The van der Waals surface area contributed by atoms with Crippen LogP contribution in [0.4, 0.5) is 5.69 Å². The van der Waals surface area contributed by atoms with E-state index in [1.807, 2.05) is 6.07 Å². The minimum Gasteiger partial charge on any atom is -0.479 e. The quantitative estimate of drug-likeness (QED) is 0.497. The summed E-state index contributed by atoms with van der Waals surface area (Å²) in [5.74, 6) is -1.10. The third-order valence-corrected chi connectivity index (χ3v) is 5.08. The van der Waals surface area contributed by atoms with Crippen molar-refractivity contribution in [2.75, 3.05) is 6.61 Å². The Morgan fingerprint density at radius 1 is 1.10 bits per heavy atom. The van der Waals surface area contributed by atoms with Gasteiger partial charge >= 0.3 is 17.6 Å². The molecule has 0 spiro atoms. The average molecular weight is 451 g/mol. The molecule has 0 unspecified atom stereocenters. The van der Waals surface area contributed by atoms with Gasteiger partial charge in [-0.05, 0) is 46.4 Å². The summed E-state index contributed by atoms with van der Waals surface area (Å²) in [6, 6.07) is 7.04. The average Bonchev–Trinajstić information content (AvgIpc) is 2.94. The van der Waals surface area contributed by atoms with Crippen LogP contribution < -0.4 is 4.74 Å². The van der Waals surface area contributed by atoms with E-state index in [0.29, 0.717) is 16.1 Å². The molecular formula is C22H25ClNO5S+. The van der Waals surface area contributed by atoms with Crippen molar-refractivity contribution in [1.29, 1.82) is 0 Å². The number of rotatable bonds is 5. The Morgan fingerprint density at radius 3 is 2.30 bits per heavy atom. The van der Waals surface area contributed by atoms with Crippen molar-refractivity contribution in [3.05, 3.63) is 39.0 Å². The fourth-order valence-electron chi connectivity index (χ4n) is 2.40. The summed E-state index contributed by atoms with van der Waals surface area (Å²) in [5.41, 5.74) is -0.126. The second kappa shape index (κ2) is 9.07. The van der Waals surface area contributed by atoms with Crippen molar-refractivity contribution in [2.45, 2.75) is 52.7 Å². The Kier molecular flexibility index (Phi) is 7.17. The van der Waals surface area contributed by atoms with Gasteiger partial charge in [-0.15, -0.1) is 11.3 Å². The first-order valence-corrected chi connectivity index (χ1v) is 10.4. The molecule has 0 saturated heterocycles. The van der Waals surface area contributed by atoms with Crippen LogP contribution in [-0.4, -0.2) is 29.7 Å². The molecule has 1 aromatic heterocycles. The summed E-state index contributed by atoms with van der Waals surface area (Å²) in [6.45, 7) is 15.5.